The van der Waals surface area contributed by atoms with Crippen molar-refractivity contribution in [1.82, 2.24) is 0 Å². The number of hydrogen-bond acceptors (Lipinski definition) is 0. The highest BCUT2D eigenvalue weighted by molar-refractivity contribution is 5.73. The normalized spacial score (nSPS) is 13.3. The Hall–Kier alpha value is -2.19. The molecule has 2 aromatic rings. The van der Waals surface area contributed by atoms with Gasteiger partial charge in [0.15, 0.2) is 0 Å². The van der Waals surface area contributed by atoms with Gasteiger partial charge in [-0.2, -0.15) is 39.5 Å². The summed E-state index contributed by atoms with van der Waals surface area (Å²) in [6.07, 6.45) is -15.3. The molecule has 0 radical (unpaired) electrons. The minimum absolute atomic E-state index is 0.218. The molecule has 0 heterocycles. The van der Waals surface area contributed by atoms with E-state index >= 15 is 0 Å². The van der Waals surface area contributed by atoms with E-state index in [1.165, 1.54) is 13.8 Å². The molecular weight excluding hydrogens is 387 g/mol. The maximum atomic E-state index is 13.3. The van der Waals surface area contributed by atoms with Crippen molar-refractivity contribution < 1.29 is 39.5 Å². The molecule has 0 saturated heterocycles. The molecule has 0 N–H and O–H groups in total. The van der Waals surface area contributed by atoms with Gasteiger partial charge in [0, 0.05) is 5.56 Å². The second-order valence-electron chi connectivity index (χ2n) is 6.18. The first kappa shape index (κ1) is 21.1. The topological polar surface area (TPSA) is 0 Å². The highest BCUT2D eigenvalue weighted by Gasteiger charge is 2.42. The highest BCUT2D eigenvalue weighted by Crippen LogP contribution is 2.46. The summed E-state index contributed by atoms with van der Waals surface area (Å²) in [5, 5.41) is 0. The van der Waals surface area contributed by atoms with Crippen molar-refractivity contribution in [3.05, 3.63) is 58.7 Å². The molecule has 0 nitrogen and oxygen atoms in total. The first-order chi connectivity index (χ1) is 12.1. The second-order valence-corrected chi connectivity index (χ2v) is 6.18. The van der Waals surface area contributed by atoms with Crippen molar-refractivity contribution in [2.75, 3.05) is 0 Å². The van der Waals surface area contributed by atoms with Gasteiger partial charge in [0.25, 0.3) is 0 Å². The molecule has 0 atom stereocenters. The lowest BCUT2D eigenvalue weighted by molar-refractivity contribution is -0.142. The summed E-state index contributed by atoms with van der Waals surface area (Å²) in [6, 6.07) is 3.50. The zero-order valence-electron chi connectivity index (χ0n) is 13.9. The smallest absolute Gasteiger partial charge is 0.166 e. The Bertz CT molecular complexity index is 792. The molecule has 0 unspecified atom stereocenters. The van der Waals surface area contributed by atoms with Gasteiger partial charge in [-0.15, -0.1) is 0 Å². The van der Waals surface area contributed by atoms with Crippen LogP contribution in [0.25, 0.3) is 11.1 Å². The van der Waals surface area contributed by atoms with Crippen LogP contribution in [-0.4, -0.2) is 0 Å². The van der Waals surface area contributed by atoms with E-state index in [-0.39, 0.29) is 5.56 Å². The number of hydrogen-bond donors (Lipinski definition) is 0. The Kier molecular flexibility index (Phi) is 5.29. The molecule has 0 bridgehead atoms. The fourth-order valence-corrected chi connectivity index (χ4v) is 2.80. The van der Waals surface area contributed by atoms with E-state index in [9.17, 15) is 39.5 Å². The van der Waals surface area contributed by atoms with Gasteiger partial charge in [-0.05, 0) is 35.2 Å². The number of benzene rings is 2. The molecule has 2 aromatic carbocycles. The van der Waals surface area contributed by atoms with E-state index in [0.29, 0.717) is 24.3 Å². The number of alkyl halides is 9. The summed E-state index contributed by atoms with van der Waals surface area (Å²) in [5.74, 6) is -0.629. The van der Waals surface area contributed by atoms with Crippen LogP contribution in [0.2, 0.25) is 0 Å². The predicted molar refractivity (Wildman–Crippen MR) is 81.0 cm³/mol. The van der Waals surface area contributed by atoms with E-state index in [1.54, 1.807) is 0 Å². The highest BCUT2D eigenvalue weighted by atomic mass is 19.4. The molecule has 0 spiro atoms. The Labute approximate surface area is 148 Å². The monoisotopic (exact) mass is 400 g/mol. The maximum absolute atomic E-state index is 13.3. The Morgan fingerprint density at radius 1 is 0.630 bits per heavy atom. The van der Waals surface area contributed by atoms with Crippen molar-refractivity contribution in [3.8, 4) is 11.1 Å². The molecule has 0 amide bonds. The lowest BCUT2D eigenvalue weighted by Crippen LogP contribution is -2.15. The van der Waals surface area contributed by atoms with Gasteiger partial charge in [-0.1, -0.05) is 32.0 Å². The molecule has 0 fully saturated rings. The van der Waals surface area contributed by atoms with Crippen LogP contribution < -0.4 is 0 Å². The third-order valence-corrected chi connectivity index (χ3v) is 3.94. The average molecular weight is 400 g/mol. The van der Waals surface area contributed by atoms with Gasteiger partial charge in [-0.25, -0.2) is 0 Å². The van der Waals surface area contributed by atoms with Gasteiger partial charge < -0.3 is 0 Å². The zero-order chi connectivity index (χ0) is 20.8. The van der Waals surface area contributed by atoms with Crippen LogP contribution in [0.5, 0.6) is 0 Å². The van der Waals surface area contributed by atoms with Crippen LogP contribution >= 0.6 is 0 Å². The standard InChI is InChI=1S/C18H13F9/c1-9(2)11-7-6-10(8-14(11)18(25,26)27)15-12(16(19,20)21)4-3-5-13(15)17(22,23)24/h3-9H,1-2H3. The minimum atomic E-state index is -5.17. The summed E-state index contributed by atoms with van der Waals surface area (Å²) < 4.78 is 120. The molecular formula is C18H13F9. The van der Waals surface area contributed by atoms with Crippen molar-refractivity contribution in [2.45, 2.75) is 38.3 Å². The maximum Gasteiger partial charge on any atom is 0.417 e. The van der Waals surface area contributed by atoms with Crippen molar-refractivity contribution in [1.29, 1.82) is 0 Å². The lowest BCUT2D eigenvalue weighted by atomic mass is 9.89. The van der Waals surface area contributed by atoms with Gasteiger partial charge in [0.2, 0.25) is 0 Å². The molecule has 0 aliphatic rings. The van der Waals surface area contributed by atoms with Crippen LogP contribution in [0, 0.1) is 0 Å². The average Bonchev–Trinajstić information content (AvgIpc) is 2.51. The predicted octanol–water partition coefficient (Wildman–Crippen LogP) is 7.53. The van der Waals surface area contributed by atoms with Crippen LogP contribution in [0.4, 0.5) is 39.5 Å². The molecule has 2 rings (SSSR count). The fourth-order valence-electron chi connectivity index (χ4n) is 2.80. The van der Waals surface area contributed by atoms with E-state index in [0.717, 1.165) is 12.1 Å². The summed E-state index contributed by atoms with van der Waals surface area (Å²) in [7, 11) is 0. The Morgan fingerprint density at radius 3 is 1.44 bits per heavy atom. The van der Waals surface area contributed by atoms with Gasteiger partial charge in [0.05, 0.1) is 16.7 Å². The summed E-state index contributed by atoms with van der Waals surface area (Å²) >= 11 is 0. The van der Waals surface area contributed by atoms with E-state index in [1.807, 2.05) is 0 Å². The van der Waals surface area contributed by atoms with Gasteiger partial charge in [0.1, 0.15) is 0 Å². The number of rotatable bonds is 2. The van der Waals surface area contributed by atoms with E-state index in [2.05, 4.69) is 0 Å². The Balaban J connectivity index is 2.89. The molecule has 148 valence electrons. The van der Waals surface area contributed by atoms with Crippen molar-refractivity contribution in [2.24, 2.45) is 0 Å². The third-order valence-electron chi connectivity index (χ3n) is 3.94. The van der Waals surface area contributed by atoms with E-state index < -0.39 is 52.3 Å². The summed E-state index contributed by atoms with van der Waals surface area (Å²) in [4.78, 5) is 0. The van der Waals surface area contributed by atoms with Gasteiger partial charge in [-0.3, -0.25) is 0 Å². The summed E-state index contributed by atoms with van der Waals surface area (Å²) in [6.45, 7) is 2.88. The first-order valence-electron chi connectivity index (χ1n) is 7.63. The molecule has 27 heavy (non-hydrogen) atoms. The van der Waals surface area contributed by atoms with Crippen molar-refractivity contribution in [3.63, 3.8) is 0 Å². The summed E-state index contributed by atoms with van der Waals surface area (Å²) in [5.41, 5.74) is -6.90. The Morgan fingerprint density at radius 2 is 1.07 bits per heavy atom. The molecule has 0 saturated carbocycles. The van der Waals surface area contributed by atoms with Crippen LogP contribution in [0.3, 0.4) is 0 Å². The SMILES string of the molecule is CC(C)c1ccc(-c2c(C(F)(F)F)cccc2C(F)(F)F)cc1C(F)(F)F. The molecule has 0 aliphatic heterocycles. The van der Waals surface area contributed by atoms with Crippen LogP contribution in [0.15, 0.2) is 36.4 Å². The van der Waals surface area contributed by atoms with Gasteiger partial charge >= 0.3 is 18.5 Å². The zero-order valence-corrected chi connectivity index (χ0v) is 13.9. The molecule has 0 aromatic heterocycles. The third kappa shape index (κ3) is 4.39. The number of halogens is 9. The van der Waals surface area contributed by atoms with Crippen LogP contribution in [-0.2, 0) is 18.5 Å². The fraction of sp³-hybridized carbons (Fsp3) is 0.333. The quantitative estimate of drug-likeness (QED) is 0.457. The van der Waals surface area contributed by atoms with Crippen LogP contribution in [0.1, 0.15) is 42.0 Å². The van der Waals surface area contributed by atoms with Crippen molar-refractivity contribution >= 4 is 0 Å². The largest absolute Gasteiger partial charge is 0.417 e. The first-order valence-corrected chi connectivity index (χ1v) is 7.63. The molecule has 0 aliphatic carbocycles. The lowest BCUT2D eigenvalue weighted by Gasteiger charge is -2.21. The molecule has 9 heteroatoms. The van der Waals surface area contributed by atoms with E-state index in [4.69, 9.17) is 0 Å². The minimum Gasteiger partial charge on any atom is -0.166 e. The second kappa shape index (κ2) is 6.76.